The summed E-state index contributed by atoms with van der Waals surface area (Å²) in [4.78, 5) is 32.1. The van der Waals surface area contributed by atoms with Crippen LogP contribution < -0.4 is 4.90 Å². The molecule has 8 nitrogen and oxygen atoms in total. The zero-order chi connectivity index (χ0) is 20.5. The maximum absolute atomic E-state index is 12.3. The van der Waals surface area contributed by atoms with Crippen LogP contribution in [0.2, 0.25) is 0 Å². The topological polar surface area (TPSA) is 76.9 Å². The second-order valence-electron chi connectivity index (χ2n) is 7.97. The van der Waals surface area contributed by atoms with Crippen molar-refractivity contribution in [3.63, 3.8) is 0 Å². The minimum Gasteiger partial charge on any atom is -0.458 e. The average molecular weight is 388 g/mol. The number of esters is 1. The van der Waals surface area contributed by atoms with Crippen molar-refractivity contribution in [1.82, 2.24) is 14.5 Å². The molecule has 3 rings (SSSR count). The molecule has 0 spiro atoms. The van der Waals surface area contributed by atoms with Crippen molar-refractivity contribution in [2.45, 2.75) is 39.9 Å². The molecule has 0 atom stereocenters. The molecule has 0 radical (unpaired) electrons. The van der Waals surface area contributed by atoms with Crippen LogP contribution in [0.5, 0.6) is 0 Å². The number of rotatable bonds is 3. The third-order valence-electron chi connectivity index (χ3n) is 4.66. The minimum absolute atomic E-state index is 0.145. The normalized spacial score (nSPS) is 15.0. The van der Waals surface area contributed by atoms with Crippen LogP contribution in [-0.4, -0.2) is 58.3 Å². The monoisotopic (exact) mass is 388 g/mol. The van der Waals surface area contributed by atoms with Gasteiger partial charge in [-0.25, -0.2) is 9.78 Å². The van der Waals surface area contributed by atoms with Gasteiger partial charge in [0.15, 0.2) is 0 Å². The first-order valence-corrected chi connectivity index (χ1v) is 9.46. The number of aromatic nitrogens is 2. The number of nitrogens with zero attached hydrogens (tertiary/aromatic N) is 4. The summed E-state index contributed by atoms with van der Waals surface area (Å²) in [5, 5.41) is 0. The van der Waals surface area contributed by atoms with Gasteiger partial charge in [-0.1, -0.05) is 6.07 Å². The van der Waals surface area contributed by atoms with Gasteiger partial charge in [0.2, 0.25) is 0 Å². The van der Waals surface area contributed by atoms with Gasteiger partial charge in [-0.3, -0.25) is 4.79 Å². The van der Waals surface area contributed by atoms with E-state index in [-0.39, 0.29) is 18.7 Å². The summed E-state index contributed by atoms with van der Waals surface area (Å²) in [6.07, 6.45) is -0.271. The number of piperazine rings is 1. The first kappa shape index (κ1) is 20.0. The molecule has 1 fully saturated rings. The van der Waals surface area contributed by atoms with Crippen molar-refractivity contribution in [3.8, 4) is 0 Å². The van der Waals surface area contributed by atoms with E-state index in [9.17, 15) is 9.59 Å². The van der Waals surface area contributed by atoms with Crippen LogP contribution in [0, 0.1) is 0 Å². The van der Waals surface area contributed by atoms with Crippen molar-refractivity contribution in [3.05, 3.63) is 24.0 Å². The molecule has 0 unspecified atom stereocenters. The van der Waals surface area contributed by atoms with Gasteiger partial charge in [0.1, 0.15) is 23.5 Å². The van der Waals surface area contributed by atoms with E-state index in [0.29, 0.717) is 32.0 Å². The summed E-state index contributed by atoms with van der Waals surface area (Å²) in [7, 11) is 1.92. The van der Waals surface area contributed by atoms with E-state index in [1.54, 1.807) is 4.90 Å². The maximum atomic E-state index is 12.3. The smallest absolute Gasteiger partial charge is 0.410 e. The predicted molar refractivity (Wildman–Crippen MR) is 106 cm³/mol. The number of aryl methyl sites for hydroxylation is 1. The van der Waals surface area contributed by atoms with Gasteiger partial charge in [0.25, 0.3) is 0 Å². The van der Waals surface area contributed by atoms with Gasteiger partial charge in [-0.2, -0.15) is 0 Å². The van der Waals surface area contributed by atoms with Gasteiger partial charge in [-0.15, -0.1) is 0 Å². The lowest BCUT2D eigenvalue weighted by Crippen LogP contribution is -2.50. The average Bonchev–Trinajstić information content (AvgIpc) is 2.95. The highest BCUT2D eigenvalue weighted by Crippen LogP contribution is 2.28. The summed E-state index contributed by atoms with van der Waals surface area (Å²) in [6, 6.07) is 6.03. The van der Waals surface area contributed by atoms with Crippen molar-refractivity contribution >= 4 is 28.8 Å². The van der Waals surface area contributed by atoms with Crippen LogP contribution in [0.4, 0.5) is 10.5 Å². The molecule has 0 aliphatic carbocycles. The largest absolute Gasteiger partial charge is 0.458 e. The number of para-hydroxylation sites is 1. The molecular formula is C20H28N4O4. The second kappa shape index (κ2) is 7.69. The van der Waals surface area contributed by atoms with Crippen molar-refractivity contribution in [2.24, 2.45) is 7.05 Å². The molecule has 2 heterocycles. The van der Waals surface area contributed by atoms with Gasteiger partial charge < -0.3 is 23.8 Å². The Hall–Kier alpha value is -2.77. The van der Waals surface area contributed by atoms with E-state index in [4.69, 9.17) is 14.5 Å². The summed E-state index contributed by atoms with van der Waals surface area (Å²) in [5.74, 6) is 0.371. The van der Waals surface area contributed by atoms with Crippen molar-refractivity contribution < 1.29 is 19.1 Å². The molecule has 1 aliphatic heterocycles. The molecule has 1 amide bonds. The fraction of sp³-hybridized carbons (Fsp3) is 0.550. The van der Waals surface area contributed by atoms with E-state index in [1.807, 2.05) is 50.6 Å². The van der Waals surface area contributed by atoms with Crippen LogP contribution >= 0.6 is 0 Å². The second-order valence-corrected chi connectivity index (χ2v) is 7.97. The zero-order valence-electron chi connectivity index (χ0n) is 17.2. The number of hydrogen-bond donors (Lipinski definition) is 0. The van der Waals surface area contributed by atoms with Crippen LogP contribution in [0.3, 0.4) is 0 Å². The van der Waals surface area contributed by atoms with Crippen LogP contribution in [-0.2, 0) is 27.9 Å². The number of ether oxygens (including phenoxy) is 2. The number of amides is 1. The highest BCUT2D eigenvalue weighted by atomic mass is 16.6. The number of carbonyl (C=O) groups is 2. The lowest BCUT2D eigenvalue weighted by molar-refractivity contribution is -0.142. The van der Waals surface area contributed by atoms with Crippen LogP contribution in [0.1, 0.15) is 33.5 Å². The van der Waals surface area contributed by atoms with E-state index >= 15 is 0 Å². The summed E-state index contributed by atoms with van der Waals surface area (Å²) in [6.45, 7) is 9.74. The third kappa shape index (κ3) is 4.37. The maximum Gasteiger partial charge on any atom is 0.410 e. The zero-order valence-corrected chi connectivity index (χ0v) is 17.2. The van der Waals surface area contributed by atoms with Gasteiger partial charge in [0, 0.05) is 40.2 Å². The van der Waals surface area contributed by atoms with E-state index in [0.717, 1.165) is 16.7 Å². The molecule has 8 heteroatoms. The van der Waals surface area contributed by atoms with E-state index in [1.165, 1.54) is 6.92 Å². The van der Waals surface area contributed by atoms with Gasteiger partial charge >= 0.3 is 12.1 Å². The lowest BCUT2D eigenvalue weighted by Gasteiger charge is -2.36. The SMILES string of the molecule is CC(=O)OCc1nc2c(N3CCN(C(=O)OC(C)(C)C)CC3)cccc2n1C. The third-order valence-corrected chi connectivity index (χ3v) is 4.66. The fourth-order valence-electron chi connectivity index (χ4n) is 3.25. The Labute approximate surface area is 165 Å². The highest BCUT2D eigenvalue weighted by molar-refractivity contribution is 5.89. The molecular weight excluding hydrogens is 360 g/mol. The van der Waals surface area contributed by atoms with Crippen LogP contribution in [0.15, 0.2) is 18.2 Å². The Kier molecular flexibility index (Phi) is 5.49. The summed E-state index contributed by atoms with van der Waals surface area (Å²) in [5.41, 5.74) is 2.38. The molecule has 0 saturated carbocycles. The standard InChI is InChI=1S/C20H28N4O4/c1-14(25)27-13-17-21-18-15(22(17)5)7-6-8-16(18)23-9-11-24(12-10-23)19(26)28-20(2,3)4/h6-8H,9-13H2,1-5H3. The Morgan fingerprint density at radius 1 is 1.14 bits per heavy atom. The molecule has 0 N–H and O–H groups in total. The number of anilines is 1. The molecule has 28 heavy (non-hydrogen) atoms. The van der Waals surface area contributed by atoms with Crippen molar-refractivity contribution in [2.75, 3.05) is 31.1 Å². The molecule has 1 aromatic carbocycles. The summed E-state index contributed by atoms with van der Waals surface area (Å²) < 4.78 is 12.5. The lowest BCUT2D eigenvalue weighted by atomic mass is 10.2. The molecule has 1 saturated heterocycles. The first-order chi connectivity index (χ1) is 13.2. The van der Waals surface area contributed by atoms with E-state index < -0.39 is 5.60 Å². The Morgan fingerprint density at radius 2 is 1.82 bits per heavy atom. The number of fused-ring (bicyclic) bond motifs is 1. The molecule has 152 valence electrons. The number of carbonyl (C=O) groups excluding carboxylic acids is 2. The van der Waals surface area contributed by atoms with E-state index in [2.05, 4.69) is 4.90 Å². The molecule has 1 aliphatic rings. The molecule has 0 bridgehead atoms. The minimum atomic E-state index is -0.494. The number of imidazole rings is 1. The van der Waals surface area contributed by atoms with Gasteiger partial charge in [0.05, 0.1) is 11.2 Å². The van der Waals surface area contributed by atoms with Crippen LogP contribution in [0.25, 0.3) is 11.0 Å². The number of benzene rings is 1. The van der Waals surface area contributed by atoms with Gasteiger partial charge in [-0.05, 0) is 32.9 Å². The highest BCUT2D eigenvalue weighted by Gasteiger charge is 2.27. The first-order valence-electron chi connectivity index (χ1n) is 9.46. The predicted octanol–water partition coefficient (Wildman–Crippen LogP) is 2.69. The van der Waals surface area contributed by atoms with Crippen molar-refractivity contribution in [1.29, 1.82) is 0 Å². The Morgan fingerprint density at radius 3 is 2.43 bits per heavy atom. The summed E-state index contributed by atoms with van der Waals surface area (Å²) >= 11 is 0. The quantitative estimate of drug-likeness (QED) is 0.753. The number of hydrogen-bond acceptors (Lipinski definition) is 6. The Bertz CT molecular complexity index is 876. The Balaban J connectivity index is 1.75. The molecule has 1 aromatic heterocycles. The molecule has 2 aromatic rings. The fourth-order valence-corrected chi connectivity index (χ4v) is 3.25.